The largest absolute Gasteiger partial charge is 0.481 e. The van der Waals surface area contributed by atoms with Crippen LogP contribution in [0.3, 0.4) is 0 Å². The highest BCUT2D eigenvalue weighted by Gasteiger charge is 2.21. The summed E-state index contributed by atoms with van der Waals surface area (Å²) in [5, 5.41) is 14.7. The lowest BCUT2D eigenvalue weighted by molar-refractivity contribution is -0.139. The van der Waals surface area contributed by atoms with Gasteiger partial charge in [0.1, 0.15) is 0 Å². The molecule has 0 unspecified atom stereocenters. The number of carbonyl (C=O) groups excluding carboxylic acids is 1. The number of nitrogen functional groups attached to an aromatic ring is 1. The van der Waals surface area contributed by atoms with E-state index in [0.717, 1.165) is 5.56 Å². The van der Waals surface area contributed by atoms with Crippen molar-refractivity contribution in [2.24, 2.45) is 0 Å². The Morgan fingerprint density at radius 3 is 2.48 bits per heavy atom. The van der Waals surface area contributed by atoms with Crippen LogP contribution in [0.15, 0.2) is 54.6 Å². The van der Waals surface area contributed by atoms with Gasteiger partial charge >= 0.3 is 5.97 Å². The van der Waals surface area contributed by atoms with Crippen LogP contribution >= 0.6 is 0 Å². The first kappa shape index (κ1) is 16.5. The fourth-order valence-electron chi connectivity index (χ4n) is 2.11. The predicted octanol–water partition coefficient (Wildman–Crippen LogP) is 1.84. The molecule has 6 nitrogen and oxygen atoms in total. The molecule has 0 aliphatic rings. The number of anilines is 2. The molecule has 23 heavy (non-hydrogen) atoms. The number of nitrogens with one attached hydrogen (secondary N) is 2. The van der Waals surface area contributed by atoms with Gasteiger partial charge in [0.25, 0.3) is 0 Å². The van der Waals surface area contributed by atoms with Crippen LogP contribution < -0.4 is 16.4 Å². The SMILES string of the molecule is Nc1cccc(NC(=O)[C@@H](CC(=O)O)NCc2ccccc2)c1. The zero-order valence-corrected chi connectivity index (χ0v) is 12.5. The summed E-state index contributed by atoms with van der Waals surface area (Å²) in [4.78, 5) is 23.3. The van der Waals surface area contributed by atoms with Crippen LogP contribution in [0.4, 0.5) is 11.4 Å². The van der Waals surface area contributed by atoms with Gasteiger partial charge in [-0.05, 0) is 23.8 Å². The van der Waals surface area contributed by atoms with E-state index in [1.54, 1.807) is 24.3 Å². The Morgan fingerprint density at radius 2 is 1.83 bits per heavy atom. The van der Waals surface area contributed by atoms with Gasteiger partial charge < -0.3 is 21.5 Å². The zero-order valence-electron chi connectivity index (χ0n) is 12.5. The monoisotopic (exact) mass is 313 g/mol. The molecule has 0 spiro atoms. The van der Waals surface area contributed by atoms with Crippen molar-refractivity contribution in [2.75, 3.05) is 11.1 Å². The first-order valence-corrected chi connectivity index (χ1v) is 7.20. The van der Waals surface area contributed by atoms with Crippen molar-refractivity contribution in [1.29, 1.82) is 0 Å². The number of amides is 1. The van der Waals surface area contributed by atoms with E-state index in [1.807, 2.05) is 30.3 Å². The van der Waals surface area contributed by atoms with Crippen LogP contribution in [0.5, 0.6) is 0 Å². The number of carboxylic acid groups (broad SMARTS) is 1. The maximum absolute atomic E-state index is 12.3. The second-order valence-electron chi connectivity index (χ2n) is 5.13. The summed E-state index contributed by atoms with van der Waals surface area (Å²) >= 11 is 0. The van der Waals surface area contributed by atoms with E-state index in [1.165, 1.54) is 0 Å². The molecule has 0 saturated heterocycles. The summed E-state index contributed by atoms with van der Waals surface area (Å²) < 4.78 is 0. The van der Waals surface area contributed by atoms with E-state index in [0.29, 0.717) is 17.9 Å². The first-order valence-electron chi connectivity index (χ1n) is 7.20. The Balaban J connectivity index is 2.01. The molecule has 2 aromatic carbocycles. The lowest BCUT2D eigenvalue weighted by Crippen LogP contribution is -2.41. The van der Waals surface area contributed by atoms with Gasteiger partial charge in [0, 0.05) is 17.9 Å². The summed E-state index contributed by atoms with van der Waals surface area (Å²) in [5.41, 5.74) is 7.69. The second-order valence-corrected chi connectivity index (χ2v) is 5.13. The summed E-state index contributed by atoms with van der Waals surface area (Å²) in [6, 6.07) is 15.4. The molecule has 2 aromatic rings. The third-order valence-corrected chi connectivity index (χ3v) is 3.24. The molecule has 0 bridgehead atoms. The van der Waals surface area contributed by atoms with Crippen molar-refractivity contribution >= 4 is 23.3 Å². The van der Waals surface area contributed by atoms with Crippen LogP contribution in [0.2, 0.25) is 0 Å². The zero-order chi connectivity index (χ0) is 16.7. The number of nitrogens with two attached hydrogens (primary N) is 1. The number of hydrogen-bond donors (Lipinski definition) is 4. The third kappa shape index (κ3) is 5.44. The first-order chi connectivity index (χ1) is 11.0. The highest BCUT2D eigenvalue weighted by Crippen LogP contribution is 2.12. The minimum atomic E-state index is -1.04. The molecular weight excluding hydrogens is 294 g/mol. The molecule has 0 saturated carbocycles. The van der Waals surface area contributed by atoms with Gasteiger partial charge in [0.05, 0.1) is 12.5 Å². The standard InChI is InChI=1S/C17H19N3O3/c18-13-7-4-8-14(9-13)20-17(23)15(10-16(21)22)19-11-12-5-2-1-3-6-12/h1-9,15,19H,10-11,18H2,(H,20,23)(H,21,22)/t15-/m1/s1. The maximum atomic E-state index is 12.3. The Bertz CT molecular complexity index is 674. The summed E-state index contributed by atoms with van der Waals surface area (Å²) in [7, 11) is 0. The molecule has 120 valence electrons. The van der Waals surface area contributed by atoms with Gasteiger partial charge in [-0.15, -0.1) is 0 Å². The van der Waals surface area contributed by atoms with Crippen molar-refractivity contribution in [3.8, 4) is 0 Å². The van der Waals surface area contributed by atoms with E-state index in [2.05, 4.69) is 10.6 Å². The second kappa shape index (κ2) is 7.95. The molecule has 6 heteroatoms. The van der Waals surface area contributed by atoms with Gasteiger partial charge in [-0.3, -0.25) is 9.59 Å². The van der Waals surface area contributed by atoms with Crippen LogP contribution in [0.25, 0.3) is 0 Å². The number of rotatable bonds is 7. The molecule has 0 heterocycles. The molecule has 0 aliphatic carbocycles. The maximum Gasteiger partial charge on any atom is 0.305 e. The molecule has 1 atom stereocenters. The molecular formula is C17H19N3O3. The topological polar surface area (TPSA) is 104 Å². The van der Waals surface area contributed by atoms with E-state index in [-0.39, 0.29) is 6.42 Å². The van der Waals surface area contributed by atoms with E-state index < -0.39 is 17.9 Å². The van der Waals surface area contributed by atoms with Crippen molar-refractivity contribution in [1.82, 2.24) is 5.32 Å². The average Bonchev–Trinajstić information content (AvgIpc) is 2.52. The number of benzene rings is 2. The summed E-state index contributed by atoms with van der Waals surface area (Å²) in [6.07, 6.45) is -0.305. The minimum Gasteiger partial charge on any atom is -0.481 e. The van der Waals surface area contributed by atoms with E-state index in [4.69, 9.17) is 10.8 Å². The van der Waals surface area contributed by atoms with Gasteiger partial charge in [0.2, 0.25) is 5.91 Å². The molecule has 0 radical (unpaired) electrons. The van der Waals surface area contributed by atoms with Crippen molar-refractivity contribution < 1.29 is 14.7 Å². The lowest BCUT2D eigenvalue weighted by Gasteiger charge is -2.17. The lowest BCUT2D eigenvalue weighted by atomic mass is 10.1. The fourth-order valence-corrected chi connectivity index (χ4v) is 2.11. The molecule has 5 N–H and O–H groups in total. The van der Waals surface area contributed by atoms with Gasteiger partial charge in [0.15, 0.2) is 0 Å². The van der Waals surface area contributed by atoms with Gasteiger partial charge in [-0.1, -0.05) is 36.4 Å². The number of carbonyl (C=O) groups is 2. The molecule has 1 amide bonds. The quantitative estimate of drug-likeness (QED) is 0.584. The van der Waals surface area contributed by atoms with E-state index in [9.17, 15) is 9.59 Å². The highest BCUT2D eigenvalue weighted by molar-refractivity contribution is 5.97. The third-order valence-electron chi connectivity index (χ3n) is 3.24. The molecule has 2 rings (SSSR count). The van der Waals surface area contributed by atoms with Crippen molar-refractivity contribution in [3.63, 3.8) is 0 Å². The van der Waals surface area contributed by atoms with Crippen LogP contribution in [0.1, 0.15) is 12.0 Å². The number of aliphatic carboxylic acids is 1. The van der Waals surface area contributed by atoms with Gasteiger partial charge in [-0.25, -0.2) is 0 Å². The summed E-state index contributed by atoms with van der Waals surface area (Å²) in [5.74, 6) is -1.45. The normalized spacial score (nSPS) is 11.7. The smallest absolute Gasteiger partial charge is 0.305 e. The minimum absolute atomic E-state index is 0.305. The molecule has 0 aliphatic heterocycles. The van der Waals surface area contributed by atoms with Crippen molar-refractivity contribution in [2.45, 2.75) is 19.0 Å². The highest BCUT2D eigenvalue weighted by atomic mass is 16.4. The van der Waals surface area contributed by atoms with Gasteiger partial charge in [-0.2, -0.15) is 0 Å². The van der Waals surface area contributed by atoms with Crippen molar-refractivity contribution in [3.05, 3.63) is 60.2 Å². The molecule has 0 fully saturated rings. The number of carboxylic acids is 1. The number of hydrogen-bond acceptors (Lipinski definition) is 4. The van der Waals surface area contributed by atoms with Crippen LogP contribution in [-0.4, -0.2) is 23.0 Å². The van der Waals surface area contributed by atoms with E-state index >= 15 is 0 Å². The Hall–Kier alpha value is -2.86. The Labute approximate surface area is 134 Å². The summed E-state index contributed by atoms with van der Waals surface area (Å²) in [6.45, 7) is 0.406. The Kier molecular flexibility index (Phi) is 5.71. The fraction of sp³-hybridized carbons (Fsp3) is 0.176. The Morgan fingerprint density at radius 1 is 1.09 bits per heavy atom. The average molecular weight is 313 g/mol. The van der Waals surface area contributed by atoms with Crippen LogP contribution in [-0.2, 0) is 16.1 Å². The predicted molar refractivity (Wildman–Crippen MR) is 88.8 cm³/mol. The van der Waals surface area contributed by atoms with Crippen LogP contribution in [0, 0.1) is 0 Å². The molecule has 0 aromatic heterocycles.